The Morgan fingerprint density at radius 2 is 1.47 bits per heavy atom. The topological polar surface area (TPSA) is 43.4 Å². The minimum Gasteiger partial charge on any atom is -0.484 e. The molecule has 0 aromatic heterocycles. The standard InChI is InChI=1S/C15H11ClO3/c16-14(17)10-19-13-8-6-12(7-9-13)15(18)11-4-2-1-3-5-11/h1-9H,10H2. The van der Waals surface area contributed by atoms with Crippen molar-refractivity contribution >= 4 is 22.6 Å². The quantitative estimate of drug-likeness (QED) is 0.622. The van der Waals surface area contributed by atoms with Crippen LogP contribution in [0.3, 0.4) is 0 Å². The van der Waals surface area contributed by atoms with E-state index in [9.17, 15) is 9.59 Å². The summed E-state index contributed by atoms with van der Waals surface area (Å²) in [7, 11) is 0. The molecule has 0 aliphatic carbocycles. The first-order valence-corrected chi connectivity index (χ1v) is 6.05. The molecule has 0 unspecified atom stereocenters. The summed E-state index contributed by atoms with van der Waals surface area (Å²) in [5.41, 5.74) is 1.20. The lowest BCUT2D eigenvalue weighted by atomic mass is 10.0. The molecule has 0 aliphatic heterocycles. The minimum atomic E-state index is -0.565. The fraction of sp³-hybridized carbons (Fsp3) is 0.0667. The van der Waals surface area contributed by atoms with Crippen LogP contribution in [-0.4, -0.2) is 17.6 Å². The summed E-state index contributed by atoms with van der Waals surface area (Å²) in [4.78, 5) is 22.7. The summed E-state index contributed by atoms with van der Waals surface area (Å²) in [6, 6.07) is 15.6. The summed E-state index contributed by atoms with van der Waals surface area (Å²) in [6.07, 6.45) is 0. The van der Waals surface area contributed by atoms with E-state index in [2.05, 4.69) is 0 Å². The Morgan fingerprint density at radius 3 is 2.05 bits per heavy atom. The maximum Gasteiger partial charge on any atom is 0.259 e. The minimum absolute atomic E-state index is 0.0550. The Bertz CT molecular complexity index is 576. The molecule has 0 radical (unpaired) electrons. The van der Waals surface area contributed by atoms with Crippen LogP contribution < -0.4 is 4.74 Å². The second-order valence-corrected chi connectivity index (χ2v) is 4.28. The number of hydrogen-bond donors (Lipinski definition) is 0. The van der Waals surface area contributed by atoms with Crippen LogP contribution in [0.25, 0.3) is 0 Å². The molecule has 0 atom stereocenters. The summed E-state index contributed by atoms with van der Waals surface area (Å²) in [5.74, 6) is 0.444. The number of halogens is 1. The van der Waals surface area contributed by atoms with Gasteiger partial charge in [-0.15, -0.1) is 0 Å². The molecule has 0 spiro atoms. The number of carbonyl (C=O) groups is 2. The number of hydrogen-bond acceptors (Lipinski definition) is 3. The monoisotopic (exact) mass is 274 g/mol. The van der Waals surface area contributed by atoms with Gasteiger partial charge in [0.1, 0.15) is 5.75 Å². The van der Waals surface area contributed by atoms with Crippen molar-refractivity contribution < 1.29 is 14.3 Å². The zero-order chi connectivity index (χ0) is 13.7. The van der Waals surface area contributed by atoms with Gasteiger partial charge in [-0.2, -0.15) is 0 Å². The van der Waals surface area contributed by atoms with Crippen LogP contribution in [0.5, 0.6) is 5.75 Å². The molecule has 0 saturated heterocycles. The molecule has 2 rings (SSSR count). The predicted octanol–water partition coefficient (Wildman–Crippen LogP) is 3.06. The highest BCUT2D eigenvalue weighted by Crippen LogP contribution is 2.15. The highest BCUT2D eigenvalue weighted by molar-refractivity contribution is 6.63. The summed E-state index contributed by atoms with van der Waals surface area (Å²) < 4.78 is 5.12. The number of rotatable bonds is 5. The van der Waals surface area contributed by atoms with Crippen LogP contribution in [-0.2, 0) is 4.79 Å². The van der Waals surface area contributed by atoms with Gasteiger partial charge in [0.15, 0.2) is 12.4 Å². The van der Waals surface area contributed by atoms with Gasteiger partial charge in [-0.1, -0.05) is 30.3 Å². The number of ketones is 1. The van der Waals surface area contributed by atoms with Gasteiger partial charge < -0.3 is 4.74 Å². The van der Waals surface area contributed by atoms with E-state index < -0.39 is 5.24 Å². The Kier molecular flexibility index (Phi) is 4.31. The molecule has 0 fully saturated rings. The van der Waals surface area contributed by atoms with Crippen molar-refractivity contribution in [2.24, 2.45) is 0 Å². The predicted molar refractivity (Wildman–Crippen MR) is 72.7 cm³/mol. The molecule has 19 heavy (non-hydrogen) atoms. The van der Waals surface area contributed by atoms with Crippen LogP contribution in [0.2, 0.25) is 0 Å². The van der Waals surface area contributed by atoms with Crippen molar-refractivity contribution in [3.63, 3.8) is 0 Å². The lowest BCUT2D eigenvalue weighted by molar-refractivity contribution is -0.113. The van der Waals surface area contributed by atoms with Crippen molar-refractivity contribution in [3.8, 4) is 5.75 Å². The van der Waals surface area contributed by atoms with Gasteiger partial charge in [0, 0.05) is 11.1 Å². The van der Waals surface area contributed by atoms with Crippen molar-refractivity contribution in [1.29, 1.82) is 0 Å². The van der Waals surface area contributed by atoms with Gasteiger partial charge in [-0.3, -0.25) is 9.59 Å². The number of ether oxygens (including phenoxy) is 1. The Labute approximate surface area is 115 Å². The summed E-state index contributed by atoms with van der Waals surface area (Å²) in [5, 5.41) is -0.565. The first-order valence-electron chi connectivity index (χ1n) is 5.68. The number of benzene rings is 2. The molecule has 3 nitrogen and oxygen atoms in total. The van der Waals surface area contributed by atoms with Gasteiger partial charge in [0.25, 0.3) is 5.24 Å². The number of carbonyl (C=O) groups excluding carboxylic acids is 2. The fourth-order valence-electron chi connectivity index (χ4n) is 1.60. The van der Waals surface area contributed by atoms with Gasteiger partial charge in [-0.05, 0) is 35.9 Å². The molecule has 2 aromatic rings. The third kappa shape index (κ3) is 3.66. The lowest BCUT2D eigenvalue weighted by Gasteiger charge is -2.04. The molecule has 96 valence electrons. The third-order valence-electron chi connectivity index (χ3n) is 2.50. The Balaban J connectivity index is 2.10. The smallest absolute Gasteiger partial charge is 0.259 e. The summed E-state index contributed by atoms with van der Waals surface area (Å²) in [6.45, 7) is -0.187. The van der Waals surface area contributed by atoms with E-state index in [1.165, 1.54) is 0 Å². The summed E-state index contributed by atoms with van der Waals surface area (Å²) >= 11 is 5.17. The third-order valence-corrected chi connectivity index (χ3v) is 2.61. The van der Waals surface area contributed by atoms with E-state index in [1.807, 2.05) is 18.2 Å². The maximum absolute atomic E-state index is 12.1. The van der Waals surface area contributed by atoms with E-state index in [1.54, 1.807) is 36.4 Å². The van der Waals surface area contributed by atoms with E-state index in [-0.39, 0.29) is 12.4 Å². The van der Waals surface area contributed by atoms with Crippen LogP contribution in [0, 0.1) is 0 Å². The highest BCUT2D eigenvalue weighted by Gasteiger charge is 2.08. The zero-order valence-corrected chi connectivity index (χ0v) is 10.8. The van der Waals surface area contributed by atoms with Crippen LogP contribution in [0.15, 0.2) is 54.6 Å². The Morgan fingerprint density at radius 1 is 0.895 bits per heavy atom. The second-order valence-electron chi connectivity index (χ2n) is 3.86. The normalized spacial score (nSPS) is 9.95. The molecule has 0 aliphatic rings. The molecule has 4 heteroatoms. The fourth-order valence-corrected chi connectivity index (χ4v) is 1.65. The molecule has 0 amide bonds. The largest absolute Gasteiger partial charge is 0.484 e. The maximum atomic E-state index is 12.1. The van der Waals surface area contributed by atoms with Crippen molar-refractivity contribution in [2.45, 2.75) is 0 Å². The van der Waals surface area contributed by atoms with Crippen molar-refractivity contribution in [2.75, 3.05) is 6.61 Å². The Hall–Kier alpha value is -2.13. The van der Waals surface area contributed by atoms with E-state index >= 15 is 0 Å². The van der Waals surface area contributed by atoms with Crippen LogP contribution in [0.4, 0.5) is 0 Å². The zero-order valence-electron chi connectivity index (χ0n) is 10.0. The van der Waals surface area contributed by atoms with E-state index in [0.717, 1.165) is 0 Å². The van der Waals surface area contributed by atoms with Gasteiger partial charge in [0.05, 0.1) is 0 Å². The molecular weight excluding hydrogens is 264 g/mol. The van der Waals surface area contributed by atoms with Crippen LogP contribution >= 0.6 is 11.6 Å². The molecule has 0 saturated carbocycles. The first kappa shape index (κ1) is 13.3. The first-order chi connectivity index (χ1) is 9.16. The van der Waals surface area contributed by atoms with E-state index in [0.29, 0.717) is 16.9 Å². The second kappa shape index (κ2) is 6.16. The molecular formula is C15H11ClO3. The highest BCUT2D eigenvalue weighted by atomic mass is 35.5. The molecule has 0 N–H and O–H groups in total. The van der Waals surface area contributed by atoms with Crippen molar-refractivity contribution in [1.82, 2.24) is 0 Å². The molecule has 0 heterocycles. The van der Waals surface area contributed by atoms with Gasteiger partial charge in [-0.25, -0.2) is 0 Å². The lowest BCUT2D eigenvalue weighted by Crippen LogP contribution is -2.05. The van der Waals surface area contributed by atoms with Gasteiger partial charge >= 0.3 is 0 Å². The molecule has 2 aromatic carbocycles. The average molecular weight is 275 g/mol. The molecule has 0 bridgehead atoms. The van der Waals surface area contributed by atoms with Crippen LogP contribution in [0.1, 0.15) is 15.9 Å². The average Bonchev–Trinajstić information content (AvgIpc) is 2.46. The van der Waals surface area contributed by atoms with Crippen molar-refractivity contribution in [3.05, 3.63) is 65.7 Å². The van der Waals surface area contributed by atoms with Gasteiger partial charge in [0.2, 0.25) is 0 Å². The van der Waals surface area contributed by atoms with E-state index in [4.69, 9.17) is 16.3 Å². The SMILES string of the molecule is O=C(Cl)COc1ccc(C(=O)c2ccccc2)cc1.